The van der Waals surface area contributed by atoms with E-state index in [2.05, 4.69) is 0 Å². The van der Waals surface area contributed by atoms with Gasteiger partial charge in [-0.3, -0.25) is 4.79 Å². The summed E-state index contributed by atoms with van der Waals surface area (Å²) in [5, 5.41) is 0. The molecule has 0 bridgehead atoms. The number of aldehydes is 1. The Hall–Kier alpha value is -1.32. The van der Waals surface area contributed by atoms with E-state index in [1.165, 1.54) is 0 Å². The van der Waals surface area contributed by atoms with E-state index < -0.39 is 5.60 Å². The molecule has 4 heteroatoms. The van der Waals surface area contributed by atoms with Crippen molar-refractivity contribution in [2.45, 2.75) is 39.2 Å². The summed E-state index contributed by atoms with van der Waals surface area (Å²) in [6, 6.07) is 0. The molecule has 0 aliphatic carbocycles. The van der Waals surface area contributed by atoms with Crippen molar-refractivity contribution in [2.24, 2.45) is 0 Å². The summed E-state index contributed by atoms with van der Waals surface area (Å²) in [6.45, 7) is 6.83. The Labute approximate surface area is 96.3 Å². The average molecular weight is 225 g/mol. The fourth-order valence-corrected chi connectivity index (χ4v) is 1.57. The summed E-state index contributed by atoms with van der Waals surface area (Å²) in [7, 11) is 0. The number of hydrogen-bond donors (Lipinski definition) is 0. The number of piperidine rings is 1. The summed E-state index contributed by atoms with van der Waals surface area (Å²) in [5.41, 5.74) is 0.658. The van der Waals surface area contributed by atoms with Crippen molar-refractivity contribution < 1.29 is 14.3 Å². The second-order valence-electron chi connectivity index (χ2n) is 4.93. The van der Waals surface area contributed by atoms with Crippen molar-refractivity contribution in [3.05, 3.63) is 11.6 Å². The Bertz CT molecular complexity index is 292. The first-order chi connectivity index (χ1) is 7.42. The van der Waals surface area contributed by atoms with Crippen molar-refractivity contribution in [1.29, 1.82) is 0 Å². The minimum atomic E-state index is -0.448. The SMILES string of the molecule is CC(C)(C)OC(=O)N1CCC(=CC=O)CC1. The van der Waals surface area contributed by atoms with Crippen molar-refractivity contribution in [1.82, 2.24) is 4.90 Å². The van der Waals surface area contributed by atoms with Crippen LogP contribution in [0.2, 0.25) is 0 Å². The van der Waals surface area contributed by atoms with Crippen LogP contribution in [0.4, 0.5) is 4.79 Å². The van der Waals surface area contributed by atoms with E-state index >= 15 is 0 Å². The van der Waals surface area contributed by atoms with E-state index in [4.69, 9.17) is 4.74 Å². The van der Waals surface area contributed by atoms with Crippen molar-refractivity contribution >= 4 is 12.4 Å². The highest BCUT2D eigenvalue weighted by Gasteiger charge is 2.24. The Kier molecular flexibility index (Phi) is 4.10. The van der Waals surface area contributed by atoms with Gasteiger partial charge in [-0.15, -0.1) is 0 Å². The van der Waals surface area contributed by atoms with Crippen LogP contribution in [0.25, 0.3) is 0 Å². The first-order valence-electron chi connectivity index (χ1n) is 5.53. The summed E-state index contributed by atoms with van der Waals surface area (Å²) < 4.78 is 5.27. The number of carbonyl (C=O) groups excluding carboxylic acids is 2. The number of hydrogen-bond acceptors (Lipinski definition) is 3. The lowest BCUT2D eigenvalue weighted by Gasteiger charge is -2.30. The molecule has 0 aromatic heterocycles. The summed E-state index contributed by atoms with van der Waals surface area (Å²) in [4.78, 5) is 23.7. The van der Waals surface area contributed by atoms with Crippen molar-refractivity contribution in [2.75, 3.05) is 13.1 Å². The van der Waals surface area contributed by atoms with E-state index in [0.29, 0.717) is 13.1 Å². The highest BCUT2D eigenvalue weighted by atomic mass is 16.6. The maximum Gasteiger partial charge on any atom is 0.410 e. The van der Waals surface area contributed by atoms with Crippen molar-refractivity contribution in [3.63, 3.8) is 0 Å². The smallest absolute Gasteiger partial charge is 0.410 e. The molecule has 4 nitrogen and oxygen atoms in total. The maximum atomic E-state index is 11.7. The minimum Gasteiger partial charge on any atom is -0.444 e. The van der Waals surface area contributed by atoms with Gasteiger partial charge in [-0.1, -0.05) is 5.57 Å². The zero-order valence-corrected chi connectivity index (χ0v) is 10.2. The highest BCUT2D eigenvalue weighted by molar-refractivity contribution is 5.69. The topological polar surface area (TPSA) is 46.6 Å². The van der Waals surface area contributed by atoms with Crippen LogP contribution < -0.4 is 0 Å². The fraction of sp³-hybridized carbons (Fsp3) is 0.667. The van der Waals surface area contributed by atoms with E-state index in [1.807, 2.05) is 20.8 Å². The van der Waals surface area contributed by atoms with Gasteiger partial charge in [0.25, 0.3) is 0 Å². The van der Waals surface area contributed by atoms with E-state index in [-0.39, 0.29) is 6.09 Å². The Morgan fingerprint density at radius 2 is 1.88 bits per heavy atom. The van der Waals surface area contributed by atoms with E-state index in [1.54, 1.807) is 11.0 Å². The number of rotatable bonds is 1. The lowest BCUT2D eigenvalue weighted by atomic mass is 10.0. The van der Waals surface area contributed by atoms with Crippen LogP contribution in [0.5, 0.6) is 0 Å². The Morgan fingerprint density at radius 3 is 2.31 bits per heavy atom. The first kappa shape index (κ1) is 12.7. The van der Waals surface area contributed by atoms with Crippen LogP contribution in [0.1, 0.15) is 33.6 Å². The van der Waals surface area contributed by atoms with Gasteiger partial charge in [-0.05, 0) is 39.7 Å². The van der Waals surface area contributed by atoms with Gasteiger partial charge in [0, 0.05) is 13.1 Å². The molecule has 0 saturated carbocycles. The zero-order valence-electron chi connectivity index (χ0n) is 10.2. The van der Waals surface area contributed by atoms with Gasteiger partial charge in [0.1, 0.15) is 11.9 Å². The summed E-state index contributed by atoms with van der Waals surface area (Å²) >= 11 is 0. The maximum absolute atomic E-state index is 11.7. The standard InChI is InChI=1S/C12H19NO3/c1-12(2,3)16-11(15)13-7-4-10(5-8-13)6-9-14/h6,9H,4-5,7-8H2,1-3H3. The second kappa shape index (κ2) is 5.14. The Morgan fingerprint density at radius 1 is 1.31 bits per heavy atom. The first-order valence-corrected chi connectivity index (χ1v) is 5.53. The summed E-state index contributed by atoms with van der Waals surface area (Å²) in [6.07, 6.45) is 3.65. The molecule has 1 aliphatic heterocycles. The predicted molar refractivity (Wildman–Crippen MR) is 61.2 cm³/mol. The largest absolute Gasteiger partial charge is 0.444 e. The van der Waals surface area contributed by atoms with Crippen LogP contribution >= 0.6 is 0 Å². The molecule has 16 heavy (non-hydrogen) atoms. The van der Waals surface area contributed by atoms with Gasteiger partial charge >= 0.3 is 6.09 Å². The molecule has 1 amide bonds. The normalized spacial score (nSPS) is 16.9. The predicted octanol–water partition coefficient (Wildman–Crippen LogP) is 2.14. The minimum absolute atomic E-state index is 0.266. The molecule has 1 saturated heterocycles. The second-order valence-corrected chi connectivity index (χ2v) is 4.93. The van der Waals surface area contributed by atoms with Gasteiger partial charge in [-0.25, -0.2) is 4.79 Å². The van der Waals surface area contributed by atoms with Gasteiger partial charge in [-0.2, -0.15) is 0 Å². The fourth-order valence-electron chi connectivity index (χ4n) is 1.57. The van der Waals surface area contributed by atoms with E-state index in [9.17, 15) is 9.59 Å². The Balaban J connectivity index is 2.45. The number of amides is 1. The third-order valence-electron chi connectivity index (χ3n) is 2.36. The molecule has 1 heterocycles. The van der Waals surface area contributed by atoms with Gasteiger partial charge in [0.05, 0.1) is 0 Å². The molecular weight excluding hydrogens is 206 g/mol. The third kappa shape index (κ3) is 4.04. The lowest BCUT2D eigenvalue weighted by Crippen LogP contribution is -2.40. The molecule has 0 atom stereocenters. The van der Waals surface area contributed by atoms with Crippen LogP contribution in [0.3, 0.4) is 0 Å². The number of carbonyl (C=O) groups is 2. The molecule has 0 radical (unpaired) electrons. The van der Waals surface area contributed by atoms with Crippen LogP contribution in [0.15, 0.2) is 11.6 Å². The van der Waals surface area contributed by atoms with E-state index in [0.717, 1.165) is 24.7 Å². The van der Waals surface area contributed by atoms with Crippen LogP contribution in [0, 0.1) is 0 Å². The van der Waals surface area contributed by atoms with Gasteiger partial charge in [0.2, 0.25) is 0 Å². The molecule has 90 valence electrons. The molecular formula is C12H19NO3. The molecule has 0 unspecified atom stereocenters. The highest BCUT2D eigenvalue weighted by Crippen LogP contribution is 2.18. The summed E-state index contributed by atoms with van der Waals surface area (Å²) in [5.74, 6) is 0. The molecule has 1 rings (SSSR count). The molecule has 1 aliphatic rings. The number of allylic oxidation sites excluding steroid dienone is 1. The van der Waals surface area contributed by atoms with Gasteiger partial charge in [0.15, 0.2) is 0 Å². The average Bonchev–Trinajstić information content (AvgIpc) is 2.16. The lowest BCUT2D eigenvalue weighted by molar-refractivity contribution is -0.104. The molecule has 0 N–H and O–H groups in total. The molecule has 1 fully saturated rings. The van der Waals surface area contributed by atoms with Crippen LogP contribution in [-0.4, -0.2) is 36.0 Å². The number of nitrogens with zero attached hydrogens (tertiary/aromatic N) is 1. The van der Waals surface area contributed by atoms with Gasteiger partial charge < -0.3 is 9.64 Å². The van der Waals surface area contributed by atoms with Crippen molar-refractivity contribution in [3.8, 4) is 0 Å². The monoisotopic (exact) mass is 225 g/mol. The quantitative estimate of drug-likeness (QED) is 0.507. The number of likely N-dealkylation sites (tertiary alicyclic amines) is 1. The number of ether oxygens (including phenoxy) is 1. The molecule has 0 aromatic carbocycles. The molecule has 0 spiro atoms. The third-order valence-corrected chi connectivity index (χ3v) is 2.36. The molecule has 0 aromatic rings. The zero-order chi connectivity index (χ0) is 12.2. The van der Waals surface area contributed by atoms with Crippen LogP contribution in [-0.2, 0) is 9.53 Å².